The highest BCUT2D eigenvalue weighted by Gasteiger charge is 2.34. The number of hydrogen-bond acceptors (Lipinski definition) is 3. The number of nitrogens with one attached hydrogen (secondary N) is 2. The van der Waals surface area contributed by atoms with Crippen LogP contribution in [0.5, 0.6) is 0 Å². The van der Waals surface area contributed by atoms with E-state index < -0.39 is 17.8 Å². The molecular formula is C21H19N3O3. The average Bonchev–Trinajstić information content (AvgIpc) is 2.92. The lowest BCUT2D eigenvalue weighted by molar-refractivity contribution is -0.127. The molecule has 136 valence electrons. The summed E-state index contributed by atoms with van der Waals surface area (Å²) in [5, 5.41) is 5.15. The Morgan fingerprint density at radius 1 is 1.07 bits per heavy atom. The first-order valence-corrected chi connectivity index (χ1v) is 8.46. The fraction of sp³-hybridized carbons (Fsp3) is 0.0952. The zero-order valence-corrected chi connectivity index (χ0v) is 14.8. The number of carbonyl (C=O) groups excluding carboxylic acids is 3. The largest absolute Gasteiger partial charge is 0.329 e. The third-order valence-electron chi connectivity index (χ3n) is 3.95. The molecule has 0 atom stereocenters. The Morgan fingerprint density at radius 3 is 2.48 bits per heavy atom. The summed E-state index contributed by atoms with van der Waals surface area (Å²) in [6.07, 6.45) is 5.02. The Kier molecular flexibility index (Phi) is 5.47. The van der Waals surface area contributed by atoms with Crippen molar-refractivity contribution in [1.29, 1.82) is 0 Å². The Bertz CT molecular complexity index is 915. The van der Waals surface area contributed by atoms with E-state index in [1.807, 2.05) is 55.5 Å². The molecule has 0 aliphatic carbocycles. The van der Waals surface area contributed by atoms with Crippen molar-refractivity contribution in [3.63, 3.8) is 0 Å². The van der Waals surface area contributed by atoms with Crippen LogP contribution in [0.15, 0.2) is 72.4 Å². The maximum atomic E-state index is 12.4. The molecule has 2 N–H and O–H groups in total. The van der Waals surface area contributed by atoms with E-state index in [0.717, 1.165) is 16.0 Å². The summed E-state index contributed by atoms with van der Waals surface area (Å²) in [6, 6.07) is 16.2. The molecule has 1 heterocycles. The van der Waals surface area contributed by atoms with E-state index in [-0.39, 0.29) is 12.2 Å². The van der Waals surface area contributed by atoms with Gasteiger partial charge in [-0.1, -0.05) is 60.2 Å². The number of carbonyl (C=O) groups is 3. The van der Waals surface area contributed by atoms with Crippen LogP contribution in [0.4, 0.5) is 10.5 Å². The summed E-state index contributed by atoms with van der Waals surface area (Å²) in [5.41, 5.74) is 2.79. The Hall–Kier alpha value is -3.67. The molecule has 1 fully saturated rings. The first-order valence-electron chi connectivity index (χ1n) is 8.46. The van der Waals surface area contributed by atoms with Gasteiger partial charge in [-0.15, -0.1) is 0 Å². The Morgan fingerprint density at radius 2 is 1.78 bits per heavy atom. The molecule has 27 heavy (non-hydrogen) atoms. The SMILES string of the molecule is Cc1ccc(NC(=O)CN2C(=O)N/C(=C/C=C/c3ccccc3)C2=O)cc1. The molecule has 1 aliphatic rings. The van der Waals surface area contributed by atoms with Gasteiger partial charge >= 0.3 is 6.03 Å². The Balaban J connectivity index is 1.61. The number of urea groups is 1. The molecule has 2 aromatic carbocycles. The lowest BCUT2D eigenvalue weighted by atomic mass is 10.2. The van der Waals surface area contributed by atoms with Crippen LogP contribution >= 0.6 is 0 Å². The minimum atomic E-state index is -0.613. The van der Waals surface area contributed by atoms with Crippen molar-refractivity contribution in [3.05, 3.63) is 83.6 Å². The second kappa shape index (κ2) is 8.14. The van der Waals surface area contributed by atoms with E-state index in [1.165, 1.54) is 6.08 Å². The summed E-state index contributed by atoms with van der Waals surface area (Å²) < 4.78 is 0. The van der Waals surface area contributed by atoms with Crippen LogP contribution < -0.4 is 10.6 Å². The standard InChI is InChI=1S/C21H19N3O3/c1-15-10-12-17(13-11-15)22-19(25)14-24-20(26)18(23-21(24)27)9-5-8-16-6-3-2-4-7-16/h2-13H,14H2,1H3,(H,22,25)(H,23,27)/b8-5+,18-9+. The van der Waals surface area contributed by atoms with Gasteiger partial charge in [0.25, 0.3) is 5.91 Å². The smallest absolute Gasteiger partial charge is 0.325 e. The molecule has 0 unspecified atom stereocenters. The van der Waals surface area contributed by atoms with Crippen LogP contribution in [0.25, 0.3) is 6.08 Å². The fourth-order valence-electron chi connectivity index (χ4n) is 2.53. The number of benzene rings is 2. The second-order valence-electron chi connectivity index (χ2n) is 6.09. The number of imide groups is 1. The lowest BCUT2D eigenvalue weighted by Crippen LogP contribution is -2.38. The van der Waals surface area contributed by atoms with Gasteiger partial charge in [0.05, 0.1) is 0 Å². The van der Waals surface area contributed by atoms with Crippen molar-refractivity contribution < 1.29 is 14.4 Å². The quantitative estimate of drug-likeness (QED) is 0.634. The summed E-state index contributed by atoms with van der Waals surface area (Å²) in [5.74, 6) is -0.972. The number of allylic oxidation sites excluding steroid dienone is 2. The van der Waals surface area contributed by atoms with Crippen molar-refractivity contribution in [2.45, 2.75) is 6.92 Å². The average molecular weight is 361 g/mol. The molecule has 1 saturated heterocycles. The zero-order chi connectivity index (χ0) is 19.2. The highest BCUT2D eigenvalue weighted by Crippen LogP contribution is 2.12. The predicted molar refractivity (Wildman–Crippen MR) is 104 cm³/mol. The van der Waals surface area contributed by atoms with Crippen LogP contribution in [0, 0.1) is 6.92 Å². The number of amides is 4. The normalized spacial score (nSPS) is 15.4. The minimum absolute atomic E-state index is 0.135. The van der Waals surface area contributed by atoms with Crippen LogP contribution in [0.1, 0.15) is 11.1 Å². The molecule has 0 saturated carbocycles. The number of aryl methyl sites for hydroxylation is 1. The molecule has 0 spiro atoms. The molecule has 0 radical (unpaired) electrons. The van der Waals surface area contributed by atoms with Crippen molar-refractivity contribution in [1.82, 2.24) is 10.2 Å². The van der Waals surface area contributed by atoms with Crippen molar-refractivity contribution >= 4 is 29.6 Å². The van der Waals surface area contributed by atoms with E-state index in [9.17, 15) is 14.4 Å². The van der Waals surface area contributed by atoms with Crippen LogP contribution in [0.3, 0.4) is 0 Å². The molecule has 1 aliphatic heterocycles. The van der Waals surface area contributed by atoms with Crippen LogP contribution in [-0.2, 0) is 9.59 Å². The molecule has 3 rings (SSSR count). The maximum absolute atomic E-state index is 12.4. The molecular weight excluding hydrogens is 342 g/mol. The summed E-state index contributed by atoms with van der Waals surface area (Å²) in [4.78, 5) is 37.4. The first-order chi connectivity index (χ1) is 13.0. The van der Waals surface area contributed by atoms with Gasteiger partial charge in [-0.2, -0.15) is 0 Å². The van der Waals surface area contributed by atoms with Crippen LogP contribution in [-0.4, -0.2) is 29.3 Å². The number of anilines is 1. The van der Waals surface area contributed by atoms with E-state index in [1.54, 1.807) is 18.2 Å². The molecule has 4 amide bonds. The van der Waals surface area contributed by atoms with Crippen molar-refractivity contribution in [2.75, 3.05) is 11.9 Å². The van der Waals surface area contributed by atoms with Gasteiger partial charge < -0.3 is 10.6 Å². The summed E-state index contributed by atoms with van der Waals surface area (Å²) in [6.45, 7) is 1.59. The minimum Gasteiger partial charge on any atom is -0.325 e. The molecule has 6 heteroatoms. The van der Waals surface area contributed by atoms with Gasteiger partial charge in [0, 0.05) is 5.69 Å². The monoisotopic (exact) mass is 361 g/mol. The summed E-state index contributed by atoms with van der Waals surface area (Å²) in [7, 11) is 0. The number of rotatable bonds is 5. The molecule has 0 bridgehead atoms. The molecule has 0 aromatic heterocycles. The van der Waals surface area contributed by atoms with Crippen molar-refractivity contribution in [3.8, 4) is 0 Å². The lowest BCUT2D eigenvalue weighted by Gasteiger charge is -2.12. The van der Waals surface area contributed by atoms with Crippen LogP contribution in [0.2, 0.25) is 0 Å². The highest BCUT2D eigenvalue weighted by molar-refractivity contribution is 6.14. The Labute approximate surface area is 157 Å². The summed E-state index contributed by atoms with van der Waals surface area (Å²) >= 11 is 0. The fourth-order valence-corrected chi connectivity index (χ4v) is 2.53. The zero-order valence-electron chi connectivity index (χ0n) is 14.8. The van der Waals surface area contributed by atoms with E-state index in [0.29, 0.717) is 5.69 Å². The third kappa shape index (κ3) is 4.70. The molecule has 2 aromatic rings. The van der Waals surface area contributed by atoms with Gasteiger partial charge in [-0.05, 0) is 30.7 Å². The second-order valence-corrected chi connectivity index (χ2v) is 6.09. The first kappa shape index (κ1) is 18.1. The molecule has 6 nitrogen and oxygen atoms in total. The topological polar surface area (TPSA) is 78.5 Å². The number of hydrogen-bond donors (Lipinski definition) is 2. The van der Waals surface area contributed by atoms with Gasteiger partial charge in [-0.3, -0.25) is 9.59 Å². The van der Waals surface area contributed by atoms with E-state index in [2.05, 4.69) is 10.6 Å². The predicted octanol–water partition coefficient (Wildman–Crippen LogP) is 3.08. The van der Waals surface area contributed by atoms with Gasteiger partial charge in [0.1, 0.15) is 12.2 Å². The van der Waals surface area contributed by atoms with E-state index >= 15 is 0 Å². The van der Waals surface area contributed by atoms with E-state index in [4.69, 9.17) is 0 Å². The van der Waals surface area contributed by atoms with Gasteiger partial charge in [0.2, 0.25) is 5.91 Å². The number of nitrogens with zero attached hydrogens (tertiary/aromatic N) is 1. The highest BCUT2D eigenvalue weighted by atomic mass is 16.2. The maximum Gasteiger partial charge on any atom is 0.329 e. The third-order valence-corrected chi connectivity index (χ3v) is 3.95. The van der Waals surface area contributed by atoms with Crippen molar-refractivity contribution in [2.24, 2.45) is 0 Å². The van der Waals surface area contributed by atoms with Gasteiger partial charge in [-0.25, -0.2) is 9.69 Å². The van der Waals surface area contributed by atoms with Gasteiger partial charge in [0.15, 0.2) is 0 Å².